The van der Waals surface area contributed by atoms with E-state index in [0.717, 1.165) is 29.3 Å². The molecule has 0 amide bonds. The first-order valence-electron chi connectivity index (χ1n) is 6.46. The summed E-state index contributed by atoms with van der Waals surface area (Å²) >= 11 is 0. The molecule has 0 radical (unpaired) electrons. The Balaban J connectivity index is 2.40. The van der Waals surface area contributed by atoms with Crippen molar-refractivity contribution in [2.75, 3.05) is 0 Å². The first-order valence-corrected chi connectivity index (χ1v) is 6.46. The molecular weight excluding hydrogens is 224 g/mol. The molecule has 1 saturated carbocycles. The highest BCUT2D eigenvalue weighted by atomic mass is 16.1. The van der Waals surface area contributed by atoms with Crippen molar-refractivity contribution in [3.8, 4) is 0 Å². The van der Waals surface area contributed by atoms with E-state index in [-0.39, 0.29) is 17.1 Å². The summed E-state index contributed by atoms with van der Waals surface area (Å²) in [6.45, 7) is 4.07. The second-order valence-electron chi connectivity index (χ2n) is 5.54. The van der Waals surface area contributed by atoms with Gasteiger partial charge in [0.1, 0.15) is 0 Å². The monoisotopic (exact) mass is 242 g/mol. The number of rotatable bonds is 2. The van der Waals surface area contributed by atoms with E-state index < -0.39 is 0 Å². The van der Waals surface area contributed by atoms with Crippen molar-refractivity contribution in [2.45, 2.75) is 38.3 Å². The topological polar surface area (TPSA) is 48.0 Å². The Morgan fingerprint density at radius 1 is 1.28 bits per heavy atom. The van der Waals surface area contributed by atoms with E-state index in [4.69, 9.17) is 5.73 Å². The van der Waals surface area contributed by atoms with Crippen molar-refractivity contribution in [1.29, 1.82) is 0 Å². The van der Waals surface area contributed by atoms with Gasteiger partial charge in [-0.05, 0) is 44.2 Å². The number of fused-ring (bicyclic) bond motifs is 1. The van der Waals surface area contributed by atoms with Crippen LogP contribution in [-0.2, 0) is 5.54 Å². The molecule has 1 heterocycles. The maximum Gasteiger partial charge on any atom is 0.256 e. The Bertz CT molecular complexity index is 666. The number of nitrogens with two attached hydrogens (primary N) is 1. The number of pyridine rings is 1. The standard InChI is InChI=1S/C15H18N2O/c1-10(2)17-13-6-4-3-5-11(13)9-12(14(17)18)15(16)7-8-15/h3-6,9-10H,7-8,16H2,1-2H3. The lowest BCUT2D eigenvalue weighted by atomic mass is 10.0. The first kappa shape index (κ1) is 11.5. The zero-order valence-corrected chi connectivity index (χ0v) is 10.8. The molecule has 1 fully saturated rings. The third-order valence-corrected chi connectivity index (χ3v) is 3.79. The van der Waals surface area contributed by atoms with Crippen LogP contribution in [0, 0.1) is 0 Å². The molecule has 1 aromatic heterocycles. The average Bonchev–Trinajstić information content (AvgIpc) is 3.07. The summed E-state index contributed by atoms with van der Waals surface area (Å²) in [6.07, 6.45) is 1.83. The van der Waals surface area contributed by atoms with Crippen LogP contribution in [0.25, 0.3) is 10.9 Å². The van der Waals surface area contributed by atoms with Crippen molar-refractivity contribution in [3.05, 3.63) is 46.2 Å². The van der Waals surface area contributed by atoms with Crippen molar-refractivity contribution < 1.29 is 0 Å². The summed E-state index contributed by atoms with van der Waals surface area (Å²) < 4.78 is 1.86. The molecule has 1 aliphatic carbocycles. The van der Waals surface area contributed by atoms with Crippen LogP contribution in [0.5, 0.6) is 0 Å². The second kappa shape index (κ2) is 3.69. The van der Waals surface area contributed by atoms with Gasteiger partial charge in [0.05, 0.1) is 5.52 Å². The zero-order valence-electron chi connectivity index (χ0n) is 10.8. The van der Waals surface area contributed by atoms with Crippen LogP contribution in [0.3, 0.4) is 0 Å². The van der Waals surface area contributed by atoms with Gasteiger partial charge in [-0.2, -0.15) is 0 Å². The molecule has 0 spiro atoms. The van der Waals surface area contributed by atoms with Gasteiger partial charge < -0.3 is 10.3 Å². The molecule has 0 unspecified atom stereocenters. The third kappa shape index (κ3) is 1.58. The van der Waals surface area contributed by atoms with Gasteiger partial charge in [0, 0.05) is 17.1 Å². The Morgan fingerprint density at radius 3 is 2.56 bits per heavy atom. The molecule has 3 heteroatoms. The van der Waals surface area contributed by atoms with Crippen molar-refractivity contribution >= 4 is 10.9 Å². The highest BCUT2D eigenvalue weighted by Crippen LogP contribution is 2.41. The summed E-state index contributed by atoms with van der Waals surface area (Å²) in [5, 5.41) is 1.09. The normalized spacial score (nSPS) is 17.3. The van der Waals surface area contributed by atoms with E-state index in [2.05, 4.69) is 0 Å². The molecule has 2 N–H and O–H groups in total. The highest BCUT2D eigenvalue weighted by molar-refractivity contribution is 5.80. The number of benzene rings is 1. The van der Waals surface area contributed by atoms with E-state index in [1.54, 1.807) is 0 Å². The minimum absolute atomic E-state index is 0.0729. The fourth-order valence-corrected chi connectivity index (χ4v) is 2.56. The largest absolute Gasteiger partial charge is 0.321 e. The predicted octanol–water partition coefficient (Wildman–Crippen LogP) is 2.53. The quantitative estimate of drug-likeness (QED) is 0.879. The van der Waals surface area contributed by atoms with Gasteiger partial charge in [0.25, 0.3) is 5.56 Å². The predicted molar refractivity (Wildman–Crippen MR) is 73.7 cm³/mol. The Labute approximate surface area is 106 Å². The lowest BCUT2D eigenvalue weighted by Gasteiger charge is -2.18. The van der Waals surface area contributed by atoms with Crippen LogP contribution in [0.1, 0.15) is 38.3 Å². The molecule has 0 atom stereocenters. The molecule has 0 bridgehead atoms. The van der Waals surface area contributed by atoms with Crippen LogP contribution < -0.4 is 11.3 Å². The van der Waals surface area contributed by atoms with Crippen LogP contribution in [0.15, 0.2) is 35.1 Å². The first-order chi connectivity index (χ1) is 8.53. The zero-order chi connectivity index (χ0) is 12.9. The Hall–Kier alpha value is -1.61. The van der Waals surface area contributed by atoms with Gasteiger partial charge in [-0.1, -0.05) is 18.2 Å². The lowest BCUT2D eigenvalue weighted by molar-refractivity contribution is 0.584. The van der Waals surface area contributed by atoms with Crippen molar-refractivity contribution in [3.63, 3.8) is 0 Å². The number of aromatic nitrogens is 1. The van der Waals surface area contributed by atoms with Crippen LogP contribution in [0.2, 0.25) is 0 Å². The molecule has 94 valence electrons. The van der Waals surface area contributed by atoms with Gasteiger partial charge in [0.2, 0.25) is 0 Å². The van der Waals surface area contributed by atoms with E-state index in [1.807, 2.05) is 48.7 Å². The molecule has 0 saturated heterocycles. The van der Waals surface area contributed by atoms with Crippen molar-refractivity contribution in [2.24, 2.45) is 5.73 Å². The molecule has 2 aromatic rings. The maximum atomic E-state index is 12.6. The van der Waals surface area contributed by atoms with Gasteiger partial charge in [-0.3, -0.25) is 4.79 Å². The van der Waals surface area contributed by atoms with Gasteiger partial charge in [-0.25, -0.2) is 0 Å². The molecule has 3 nitrogen and oxygen atoms in total. The van der Waals surface area contributed by atoms with Crippen LogP contribution >= 0.6 is 0 Å². The summed E-state index contributed by atoms with van der Waals surface area (Å²) in [6, 6.07) is 10.1. The molecule has 1 aromatic carbocycles. The van der Waals surface area contributed by atoms with Crippen LogP contribution in [0.4, 0.5) is 0 Å². The van der Waals surface area contributed by atoms with Crippen LogP contribution in [-0.4, -0.2) is 4.57 Å². The summed E-state index contributed by atoms with van der Waals surface area (Å²) in [4.78, 5) is 12.6. The van der Waals surface area contributed by atoms with Gasteiger partial charge in [-0.15, -0.1) is 0 Å². The molecule has 18 heavy (non-hydrogen) atoms. The Kier molecular flexibility index (Phi) is 2.35. The minimum Gasteiger partial charge on any atom is -0.321 e. The molecule has 3 rings (SSSR count). The lowest BCUT2D eigenvalue weighted by Crippen LogP contribution is -2.33. The minimum atomic E-state index is -0.377. The summed E-state index contributed by atoms with van der Waals surface area (Å²) in [5.41, 5.74) is 7.68. The number of hydrogen-bond acceptors (Lipinski definition) is 2. The fraction of sp³-hybridized carbons (Fsp3) is 0.400. The Morgan fingerprint density at radius 2 is 1.94 bits per heavy atom. The van der Waals surface area contributed by atoms with E-state index in [9.17, 15) is 4.79 Å². The smallest absolute Gasteiger partial charge is 0.256 e. The second-order valence-corrected chi connectivity index (χ2v) is 5.54. The number of nitrogens with zero attached hydrogens (tertiary/aromatic N) is 1. The van der Waals surface area contributed by atoms with Gasteiger partial charge >= 0.3 is 0 Å². The van der Waals surface area contributed by atoms with E-state index in [1.165, 1.54) is 0 Å². The summed E-state index contributed by atoms with van der Waals surface area (Å²) in [5.74, 6) is 0. The van der Waals surface area contributed by atoms with E-state index >= 15 is 0 Å². The molecule has 1 aliphatic rings. The number of hydrogen-bond donors (Lipinski definition) is 1. The average molecular weight is 242 g/mol. The van der Waals surface area contributed by atoms with E-state index in [0.29, 0.717) is 0 Å². The molecular formula is C15H18N2O. The summed E-state index contributed by atoms with van der Waals surface area (Å²) in [7, 11) is 0. The highest BCUT2D eigenvalue weighted by Gasteiger charge is 2.42. The number of para-hydroxylation sites is 1. The third-order valence-electron chi connectivity index (χ3n) is 3.79. The fourth-order valence-electron chi connectivity index (χ4n) is 2.56. The van der Waals surface area contributed by atoms with Gasteiger partial charge in [0.15, 0.2) is 0 Å². The van der Waals surface area contributed by atoms with Crippen molar-refractivity contribution in [1.82, 2.24) is 4.57 Å². The maximum absolute atomic E-state index is 12.6. The molecule has 0 aliphatic heterocycles. The SMILES string of the molecule is CC(C)n1c(=O)c(C2(N)CC2)cc2ccccc21.